The molecule has 2 N–H and O–H groups in total. The first-order valence-electron chi connectivity index (χ1n) is 4.25. The predicted octanol–water partition coefficient (Wildman–Crippen LogP) is 1.76. The van der Waals surface area contributed by atoms with Crippen molar-refractivity contribution in [3.63, 3.8) is 0 Å². The second-order valence-electron chi connectivity index (χ2n) is 3.15. The van der Waals surface area contributed by atoms with Gasteiger partial charge in [0.2, 0.25) is 0 Å². The maximum Gasteiger partial charge on any atom is 0.0703 e. The van der Waals surface area contributed by atoms with Crippen LogP contribution < -0.4 is 5.84 Å². The third-order valence-electron chi connectivity index (χ3n) is 2.17. The van der Waals surface area contributed by atoms with Gasteiger partial charge in [-0.1, -0.05) is 30.3 Å². The highest BCUT2D eigenvalue weighted by Gasteiger charge is 2.28. The Hall–Kier alpha value is -1.31. The summed E-state index contributed by atoms with van der Waals surface area (Å²) in [6.45, 7) is 0. The molecule has 1 saturated carbocycles. The van der Waals surface area contributed by atoms with E-state index >= 15 is 0 Å². The topological polar surface area (TPSA) is 38.4 Å². The normalized spacial score (nSPS) is 17.8. The highest BCUT2D eigenvalue weighted by atomic mass is 15.1. The van der Waals surface area contributed by atoms with Crippen LogP contribution in [0, 0.1) is 5.92 Å². The molecule has 1 aromatic carbocycles. The Bertz CT molecular complexity index is 286. The average molecular weight is 160 g/mol. The van der Waals surface area contributed by atoms with Gasteiger partial charge in [-0.15, -0.1) is 0 Å². The summed E-state index contributed by atoms with van der Waals surface area (Å²) in [6, 6.07) is 10.2. The average Bonchev–Trinajstić information content (AvgIpc) is 2.92. The molecule has 2 rings (SSSR count). The van der Waals surface area contributed by atoms with E-state index in [1.54, 1.807) is 0 Å². The minimum Gasteiger partial charge on any atom is -0.323 e. The van der Waals surface area contributed by atoms with Gasteiger partial charge in [-0.25, -0.2) is 0 Å². The van der Waals surface area contributed by atoms with Crippen LogP contribution in [0.3, 0.4) is 0 Å². The molecule has 1 aliphatic rings. The van der Waals surface area contributed by atoms with E-state index < -0.39 is 0 Å². The van der Waals surface area contributed by atoms with E-state index in [0.717, 1.165) is 5.71 Å². The molecule has 1 aromatic rings. The molecular weight excluding hydrogens is 148 g/mol. The summed E-state index contributed by atoms with van der Waals surface area (Å²) in [5, 5.41) is 3.84. The Morgan fingerprint density at radius 3 is 2.42 bits per heavy atom. The molecule has 0 atom stereocenters. The molecule has 0 saturated heterocycles. The number of hydrogen-bond donors (Lipinski definition) is 1. The van der Waals surface area contributed by atoms with E-state index in [1.165, 1.54) is 18.4 Å². The van der Waals surface area contributed by atoms with E-state index in [9.17, 15) is 0 Å². The third-order valence-corrected chi connectivity index (χ3v) is 2.17. The van der Waals surface area contributed by atoms with Crippen LogP contribution in [-0.4, -0.2) is 5.71 Å². The van der Waals surface area contributed by atoms with Crippen molar-refractivity contribution in [1.82, 2.24) is 0 Å². The zero-order valence-electron chi connectivity index (χ0n) is 6.90. The molecule has 0 amide bonds. The third kappa shape index (κ3) is 1.33. The van der Waals surface area contributed by atoms with E-state index in [-0.39, 0.29) is 0 Å². The van der Waals surface area contributed by atoms with Crippen molar-refractivity contribution >= 4 is 5.71 Å². The van der Waals surface area contributed by atoms with Crippen molar-refractivity contribution < 1.29 is 0 Å². The van der Waals surface area contributed by atoms with Gasteiger partial charge in [0, 0.05) is 5.92 Å². The molecular formula is C10H12N2. The minimum absolute atomic E-state index is 0.623. The first-order valence-corrected chi connectivity index (χ1v) is 4.25. The minimum atomic E-state index is 0.623. The fourth-order valence-electron chi connectivity index (χ4n) is 1.38. The van der Waals surface area contributed by atoms with E-state index in [1.807, 2.05) is 18.2 Å². The van der Waals surface area contributed by atoms with Crippen molar-refractivity contribution in [2.45, 2.75) is 12.8 Å². The maximum absolute atomic E-state index is 5.33. The Morgan fingerprint density at radius 2 is 1.92 bits per heavy atom. The van der Waals surface area contributed by atoms with Gasteiger partial charge in [0.05, 0.1) is 5.71 Å². The Morgan fingerprint density at radius 1 is 1.25 bits per heavy atom. The molecule has 0 unspecified atom stereocenters. The van der Waals surface area contributed by atoms with Gasteiger partial charge in [0.1, 0.15) is 0 Å². The van der Waals surface area contributed by atoms with Gasteiger partial charge in [-0.3, -0.25) is 0 Å². The smallest absolute Gasteiger partial charge is 0.0703 e. The fraction of sp³-hybridized carbons (Fsp3) is 0.300. The summed E-state index contributed by atoms with van der Waals surface area (Å²) in [4.78, 5) is 0. The van der Waals surface area contributed by atoms with E-state index in [2.05, 4.69) is 17.2 Å². The molecule has 0 spiro atoms. The summed E-state index contributed by atoms with van der Waals surface area (Å²) >= 11 is 0. The van der Waals surface area contributed by atoms with Crippen molar-refractivity contribution in [3.8, 4) is 0 Å². The number of hydrazone groups is 1. The molecule has 0 bridgehead atoms. The van der Waals surface area contributed by atoms with Crippen LogP contribution in [0.1, 0.15) is 18.4 Å². The Balaban J connectivity index is 2.28. The summed E-state index contributed by atoms with van der Waals surface area (Å²) in [7, 11) is 0. The van der Waals surface area contributed by atoms with Gasteiger partial charge < -0.3 is 5.84 Å². The number of benzene rings is 1. The van der Waals surface area contributed by atoms with Crippen LogP contribution in [0.5, 0.6) is 0 Å². The number of hydrogen-bond acceptors (Lipinski definition) is 2. The molecule has 2 heteroatoms. The lowest BCUT2D eigenvalue weighted by Gasteiger charge is -2.01. The summed E-state index contributed by atoms with van der Waals surface area (Å²) in [5.41, 5.74) is 2.23. The first kappa shape index (κ1) is 7.35. The second-order valence-corrected chi connectivity index (χ2v) is 3.15. The molecule has 1 aliphatic carbocycles. The Kier molecular flexibility index (Phi) is 1.82. The molecule has 0 radical (unpaired) electrons. The zero-order valence-corrected chi connectivity index (χ0v) is 6.90. The van der Waals surface area contributed by atoms with Crippen LogP contribution in [-0.2, 0) is 0 Å². The van der Waals surface area contributed by atoms with Gasteiger partial charge in [0.25, 0.3) is 0 Å². The molecule has 0 aromatic heterocycles. The monoisotopic (exact) mass is 160 g/mol. The van der Waals surface area contributed by atoms with Crippen LogP contribution in [0.4, 0.5) is 0 Å². The second kappa shape index (κ2) is 2.97. The lowest BCUT2D eigenvalue weighted by Crippen LogP contribution is -2.06. The first-order chi connectivity index (χ1) is 5.92. The molecule has 62 valence electrons. The molecule has 0 heterocycles. The van der Waals surface area contributed by atoms with Gasteiger partial charge in [-0.05, 0) is 18.4 Å². The van der Waals surface area contributed by atoms with Crippen LogP contribution in [0.2, 0.25) is 0 Å². The van der Waals surface area contributed by atoms with E-state index in [4.69, 9.17) is 5.84 Å². The standard InChI is InChI=1S/C10H12N2/c11-12-10(9-6-7-9)8-4-2-1-3-5-8/h1-5,9H,6-7,11H2/b12-10-. The number of nitrogens with two attached hydrogens (primary N) is 1. The lowest BCUT2D eigenvalue weighted by atomic mass is 10.1. The summed E-state index contributed by atoms with van der Waals surface area (Å²) < 4.78 is 0. The van der Waals surface area contributed by atoms with Crippen molar-refractivity contribution in [1.29, 1.82) is 0 Å². The molecule has 0 aliphatic heterocycles. The zero-order chi connectivity index (χ0) is 8.39. The maximum atomic E-state index is 5.33. The lowest BCUT2D eigenvalue weighted by molar-refractivity contribution is 1.12. The van der Waals surface area contributed by atoms with E-state index in [0.29, 0.717) is 5.92 Å². The fourth-order valence-corrected chi connectivity index (χ4v) is 1.38. The molecule has 1 fully saturated rings. The predicted molar refractivity (Wildman–Crippen MR) is 49.9 cm³/mol. The van der Waals surface area contributed by atoms with Gasteiger partial charge in [-0.2, -0.15) is 5.10 Å². The van der Waals surface area contributed by atoms with Gasteiger partial charge >= 0.3 is 0 Å². The van der Waals surface area contributed by atoms with Crippen molar-refractivity contribution in [2.75, 3.05) is 0 Å². The van der Waals surface area contributed by atoms with Crippen LogP contribution in [0.15, 0.2) is 35.4 Å². The SMILES string of the molecule is N/N=C(/c1ccccc1)C1CC1. The largest absolute Gasteiger partial charge is 0.323 e. The quantitative estimate of drug-likeness (QED) is 0.399. The van der Waals surface area contributed by atoms with Crippen LogP contribution in [0.25, 0.3) is 0 Å². The highest BCUT2D eigenvalue weighted by Crippen LogP contribution is 2.32. The van der Waals surface area contributed by atoms with Gasteiger partial charge in [0.15, 0.2) is 0 Å². The summed E-state index contributed by atoms with van der Waals surface area (Å²) in [6.07, 6.45) is 2.48. The number of rotatable bonds is 2. The Labute approximate surface area is 72.1 Å². The van der Waals surface area contributed by atoms with Crippen molar-refractivity contribution in [3.05, 3.63) is 35.9 Å². The summed E-state index contributed by atoms with van der Waals surface area (Å²) in [5.74, 6) is 5.96. The number of nitrogens with zero attached hydrogens (tertiary/aromatic N) is 1. The van der Waals surface area contributed by atoms with Crippen molar-refractivity contribution in [2.24, 2.45) is 16.9 Å². The molecule has 2 nitrogen and oxygen atoms in total. The van der Waals surface area contributed by atoms with Crippen LogP contribution >= 0.6 is 0 Å². The highest BCUT2D eigenvalue weighted by molar-refractivity contribution is 6.03. The molecule has 12 heavy (non-hydrogen) atoms.